The lowest BCUT2D eigenvalue weighted by molar-refractivity contribution is -0.118. The van der Waals surface area contributed by atoms with Crippen LogP contribution in [0.25, 0.3) is 11.0 Å². The fourth-order valence-electron chi connectivity index (χ4n) is 5.24. The van der Waals surface area contributed by atoms with Gasteiger partial charge in [-0.1, -0.05) is 12.1 Å². The number of hydrogen-bond acceptors (Lipinski definition) is 10. The number of rotatable bonds is 15. The number of benzene rings is 2. The van der Waals surface area contributed by atoms with Gasteiger partial charge in [-0.3, -0.25) is 9.59 Å². The van der Waals surface area contributed by atoms with Crippen molar-refractivity contribution < 1.29 is 48.3 Å². The fraction of sp³-hybridized carbons (Fsp3) is 0.438. The van der Waals surface area contributed by atoms with Crippen molar-refractivity contribution in [1.29, 1.82) is 0 Å². The van der Waals surface area contributed by atoms with Gasteiger partial charge in [-0.2, -0.15) is 0 Å². The van der Waals surface area contributed by atoms with Gasteiger partial charge in [0.1, 0.15) is 12.2 Å². The third kappa shape index (κ3) is 8.08. The van der Waals surface area contributed by atoms with E-state index in [2.05, 4.69) is 5.32 Å². The van der Waals surface area contributed by atoms with Gasteiger partial charge in [-0.25, -0.2) is 0 Å². The normalized spacial score (nSPS) is 17.9. The quantitative estimate of drug-likeness (QED) is 0.135. The van der Waals surface area contributed by atoms with Crippen LogP contribution in [0.4, 0.5) is 0 Å². The van der Waals surface area contributed by atoms with Crippen LogP contribution in [-0.4, -0.2) is 97.4 Å². The maximum atomic E-state index is 14.2. The molecule has 1 aliphatic carbocycles. The zero-order chi connectivity index (χ0) is 32.5. The molecule has 0 fully saturated rings. The van der Waals surface area contributed by atoms with E-state index >= 15 is 0 Å². The molecule has 0 radical (unpaired) electrons. The van der Waals surface area contributed by atoms with E-state index in [1.807, 2.05) is 29.5 Å². The Morgan fingerprint density at radius 2 is 1.91 bits per heavy atom. The van der Waals surface area contributed by atoms with Gasteiger partial charge in [0.25, 0.3) is 5.91 Å². The molecule has 3 atom stereocenters. The Hall–Kier alpha value is -3.37. The Kier molecular flexibility index (Phi) is 12.5. The molecule has 45 heavy (non-hydrogen) atoms. The number of methoxy groups -OCH3 is 2. The minimum absolute atomic E-state index is 0.0138. The highest BCUT2D eigenvalue weighted by Crippen LogP contribution is 2.38. The summed E-state index contributed by atoms with van der Waals surface area (Å²) in [5.41, 5.74) is 1.30. The number of halogens is 1. The van der Waals surface area contributed by atoms with Crippen molar-refractivity contribution in [2.45, 2.75) is 44.6 Å². The summed E-state index contributed by atoms with van der Waals surface area (Å²) in [6.07, 6.45) is -0.341. The van der Waals surface area contributed by atoms with Crippen molar-refractivity contribution in [1.82, 2.24) is 10.2 Å². The van der Waals surface area contributed by atoms with Crippen molar-refractivity contribution in [3.8, 4) is 17.2 Å². The van der Waals surface area contributed by atoms with E-state index in [9.17, 15) is 24.9 Å². The molecule has 0 bridgehead atoms. The van der Waals surface area contributed by atoms with Gasteiger partial charge in [0.05, 0.1) is 37.0 Å². The van der Waals surface area contributed by atoms with Crippen molar-refractivity contribution in [3.63, 3.8) is 0 Å². The Bertz CT molecular complexity index is 1510. The van der Waals surface area contributed by atoms with Crippen LogP contribution in [-0.2, 0) is 16.1 Å². The number of furan rings is 1. The molecule has 244 valence electrons. The summed E-state index contributed by atoms with van der Waals surface area (Å²) >= 11 is 2.05. The first-order valence-corrected chi connectivity index (χ1v) is 15.7. The molecule has 0 spiro atoms. The third-order valence-corrected chi connectivity index (χ3v) is 8.23. The molecular weight excluding hydrogens is 699 g/mol. The molecule has 1 aliphatic rings. The van der Waals surface area contributed by atoms with Gasteiger partial charge in [-0.05, 0) is 71.8 Å². The Morgan fingerprint density at radius 1 is 1.13 bits per heavy atom. The van der Waals surface area contributed by atoms with E-state index in [1.54, 1.807) is 36.4 Å². The van der Waals surface area contributed by atoms with Crippen molar-refractivity contribution in [2.24, 2.45) is 0 Å². The second kappa shape index (κ2) is 16.3. The Morgan fingerprint density at radius 3 is 2.60 bits per heavy atom. The molecule has 2 aromatic carbocycles. The lowest BCUT2D eigenvalue weighted by Gasteiger charge is -2.40. The zero-order valence-electron chi connectivity index (χ0n) is 25.5. The van der Waals surface area contributed by atoms with Crippen LogP contribution in [0.2, 0.25) is 0 Å². The molecular formula is C32H39IN2O10. The van der Waals surface area contributed by atoms with Gasteiger partial charge >= 0.3 is 0 Å². The predicted octanol–water partition coefficient (Wildman–Crippen LogP) is 3.03. The van der Waals surface area contributed by atoms with E-state index in [-0.39, 0.29) is 44.1 Å². The second-order valence-corrected chi connectivity index (χ2v) is 11.5. The highest BCUT2D eigenvalue weighted by molar-refractivity contribution is 14.1. The summed E-state index contributed by atoms with van der Waals surface area (Å²) in [5, 5.41) is 34.1. The zero-order valence-corrected chi connectivity index (χ0v) is 27.6. The third-order valence-electron chi connectivity index (χ3n) is 7.43. The summed E-state index contributed by atoms with van der Waals surface area (Å²) in [5.74, 6) is 0.228. The lowest BCUT2D eigenvalue weighted by atomic mass is 9.88. The van der Waals surface area contributed by atoms with E-state index in [1.165, 1.54) is 25.2 Å². The number of hydrogen-bond donors (Lipinski definition) is 4. The number of aliphatic hydroxyl groups is 3. The number of ether oxygens (including phenoxy) is 4. The van der Waals surface area contributed by atoms with Crippen molar-refractivity contribution in [2.75, 3.05) is 47.1 Å². The van der Waals surface area contributed by atoms with E-state index in [4.69, 9.17) is 23.4 Å². The van der Waals surface area contributed by atoms with Crippen molar-refractivity contribution >= 4 is 45.4 Å². The second-order valence-electron chi connectivity index (χ2n) is 10.3. The van der Waals surface area contributed by atoms with Gasteiger partial charge in [0.15, 0.2) is 28.6 Å². The maximum Gasteiger partial charge on any atom is 0.289 e. The largest absolute Gasteiger partial charge is 0.493 e. The van der Waals surface area contributed by atoms with Gasteiger partial charge in [0.2, 0.25) is 5.91 Å². The molecule has 3 aromatic rings. The first-order chi connectivity index (χ1) is 21.8. The summed E-state index contributed by atoms with van der Waals surface area (Å²) in [6, 6.07) is 9.41. The molecule has 13 heteroatoms. The molecule has 1 aromatic heterocycles. The molecule has 4 N–H and O–H groups in total. The number of nitrogens with one attached hydrogen (secondary N) is 1. The summed E-state index contributed by atoms with van der Waals surface area (Å²) in [4.78, 5) is 28.8. The molecule has 0 saturated heterocycles. The van der Waals surface area contributed by atoms with Crippen molar-refractivity contribution in [3.05, 3.63) is 62.9 Å². The van der Waals surface area contributed by atoms with E-state index in [0.29, 0.717) is 57.0 Å². The average molecular weight is 739 g/mol. The predicted molar refractivity (Wildman–Crippen MR) is 174 cm³/mol. The SMILES string of the molecule is CCOCCCN(C(=O)c1cc2cccc(OC)c2o1)[C@@H]1CC(C(=O)NCCO)=C[C@H](Oc2c(I)cc(CO)cc2OC)[C@H]1O. The minimum atomic E-state index is -1.27. The minimum Gasteiger partial charge on any atom is -0.493 e. The Balaban J connectivity index is 1.74. The first kappa shape index (κ1) is 34.5. The fourth-order valence-corrected chi connectivity index (χ4v) is 6.03. The molecule has 0 saturated carbocycles. The molecule has 1 heterocycles. The van der Waals surface area contributed by atoms with Crippen LogP contribution >= 0.6 is 22.6 Å². The number of fused-ring (bicyclic) bond motifs is 1. The van der Waals surface area contributed by atoms with Crippen LogP contribution in [0.1, 0.15) is 35.9 Å². The summed E-state index contributed by atoms with van der Waals surface area (Å²) in [6.45, 7) is 2.52. The maximum absolute atomic E-state index is 14.2. The van der Waals surface area contributed by atoms with Gasteiger partial charge in [0, 0.05) is 43.7 Å². The lowest BCUT2D eigenvalue weighted by Crippen LogP contribution is -2.55. The van der Waals surface area contributed by atoms with Gasteiger partial charge in [-0.15, -0.1) is 0 Å². The molecule has 0 unspecified atom stereocenters. The standard InChI is InChI=1S/C32H39IN2O10/c1-4-43-12-6-10-35(32(40)27-16-20-7-5-8-24(41-2)29(20)45-27)23-15-21(31(39)34-9-11-36)17-25(28(23)38)44-30-22(33)13-19(18-37)14-26(30)42-3/h5,7-8,13-14,16-17,23,25,28,36-38H,4,6,9-12,15,18H2,1-3H3,(H,34,39)/t23-,25+,28+/m1/s1. The highest BCUT2D eigenvalue weighted by atomic mass is 127. The molecule has 4 rings (SSSR count). The van der Waals surface area contributed by atoms with E-state index in [0.717, 1.165) is 0 Å². The van der Waals surface area contributed by atoms with Crippen LogP contribution < -0.4 is 19.5 Å². The monoisotopic (exact) mass is 738 g/mol. The van der Waals surface area contributed by atoms with Gasteiger partial charge < -0.3 is 48.9 Å². The summed E-state index contributed by atoms with van der Waals surface area (Å²) in [7, 11) is 2.98. The van der Waals surface area contributed by atoms with Crippen LogP contribution in [0, 0.1) is 3.57 Å². The van der Waals surface area contributed by atoms with E-state index < -0.39 is 30.1 Å². The molecule has 0 aliphatic heterocycles. The number of amides is 2. The number of para-hydroxylation sites is 1. The average Bonchev–Trinajstić information content (AvgIpc) is 3.50. The van der Waals surface area contributed by atoms with Crippen LogP contribution in [0.5, 0.6) is 17.2 Å². The van der Waals surface area contributed by atoms with Crippen LogP contribution in [0.3, 0.4) is 0 Å². The number of aliphatic hydroxyl groups excluding tert-OH is 3. The topological polar surface area (TPSA) is 160 Å². The number of nitrogens with zero attached hydrogens (tertiary/aromatic N) is 1. The number of carbonyl (C=O) groups is 2. The molecule has 2 amide bonds. The van der Waals surface area contributed by atoms with Crippen LogP contribution in [0.15, 0.2) is 52.5 Å². The summed E-state index contributed by atoms with van der Waals surface area (Å²) < 4.78 is 29.4. The molecule has 12 nitrogen and oxygen atoms in total. The highest BCUT2D eigenvalue weighted by Gasteiger charge is 2.41. The first-order valence-electron chi connectivity index (χ1n) is 14.6. The number of carbonyl (C=O) groups excluding carboxylic acids is 2. The Labute approximate surface area is 275 Å². The smallest absolute Gasteiger partial charge is 0.289 e.